The van der Waals surface area contributed by atoms with Crippen molar-refractivity contribution >= 4 is 23.0 Å². The molecule has 1 saturated heterocycles. The standard InChI is InChI=1S/C16H17N3O2/c20-11-13-4-3-9-19(13)16(21)8-7-12-10-17-14-5-1-2-6-15(14)18-12/h1-2,5-8,10,13,20H,3-4,9,11H2/b8-7+/t13-/m1/s1. The summed E-state index contributed by atoms with van der Waals surface area (Å²) in [5.74, 6) is -0.0819. The number of aromatic nitrogens is 2. The van der Waals surface area contributed by atoms with Crippen molar-refractivity contribution in [2.75, 3.05) is 13.2 Å². The van der Waals surface area contributed by atoms with Crippen LogP contribution in [0.2, 0.25) is 0 Å². The van der Waals surface area contributed by atoms with E-state index in [9.17, 15) is 9.90 Å². The zero-order valence-electron chi connectivity index (χ0n) is 11.6. The van der Waals surface area contributed by atoms with Crippen LogP contribution in [0, 0.1) is 0 Å². The van der Waals surface area contributed by atoms with Gasteiger partial charge in [-0.1, -0.05) is 12.1 Å². The molecule has 1 fully saturated rings. The molecule has 0 spiro atoms. The Morgan fingerprint density at radius 3 is 3.00 bits per heavy atom. The van der Waals surface area contributed by atoms with E-state index >= 15 is 0 Å². The van der Waals surface area contributed by atoms with Crippen molar-refractivity contribution in [3.05, 3.63) is 42.2 Å². The van der Waals surface area contributed by atoms with E-state index in [2.05, 4.69) is 9.97 Å². The van der Waals surface area contributed by atoms with Crippen LogP contribution in [-0.4, -0.2) is 45.1 Å². The molecular weight excluding hydrogens is 266 g/mol. The first kappa shape index (κ1) is 13.7. The summed E-state index contributed by atoms with van der Waals surface area (Å²) in [7, 11) is 0. The summed E-state index contributed by atoms with van der Waals surface area (Å²) in [6.07, 6.45) is 6.65. The quantitative estimate of drug-likeness (QED) is 0.869. The highest BCUT2D eigenvalue weighted by Gasteiger charge is 2.26. The smallest absolute Gasteiger partial charge is 0.246 e. The Hall–Kier alpha value is -2.27. The summed E-state index contributed by atoms with van der Waals surface area (Å²) in [6.45, 7) is 0.729. The molecule has 108 valence electrons. The van der Waals surface area contributed by atoms with Crippen LogP contribution >= 0.6 is 0 Å². The highest BCUT2D eigenvalue weighted by atomic mass is 16.3. The molecule has 0 radical (unpaired) electrons. The van der Waals surface area contributed by atoms with Crippen LogP contribution in [0.15, 0.2) is 36.5 Å². The third-order valence-corrected chi connectivity index (χ3v) is 3.73. The Kier molecular flexibility index (Phi) is 3.92. The fourth-order valence-electron chi connectivity index (χ4n) is 2.62. The van der Waals surface area contributed by atoms with Crippen molar-refractivity contribution in [3.63, 3.8) is 0 Å². The van der Waals surface area contributed by atoms with Crippen LogP contribution in [-0.2, 0) is 4.79 Å². The molecule has 21 heavy (non-hydrogen) atoms. The topological polar surface area (TPSA) is 66.3 Å². The van der Waals surface area contributed by atoms with Gasteiger partial charge < -0.3 is 10.0 Å². The second kappa shape index (κ2) is 6.01. The first-order valence-electron chi connectivity index (χ1n) is 7.09. The van der Waals surface area contributed by atoms with E-state index < -0.39 is 0 Å². The monoisotopic (exact) mass is 283 g/mol. The number of hydrogen-bond acceptors (Lipinski definition) is 4. The third-order valence-electron chi connectivity index (χ3n) is 3.73. The van der Waals surface area contributed by atoms with Crippen molar-refractivity contribution in [1.29, 1.82) is 0 Å². The number of fused-ring (bicyclic) bond motifs is 1. The summed E-state index contributed by atoms with van der Waals surface area (Å²) in [5, 5.41) is 9.25. The number of benzene rings is 1. The lowest BCUT2D eigenvalue weighted by Gasteiger charge is -2.21. The van der Waals surface area contributed by atoms with E-state index in [0.717, 1.165) is 23.9 Å². The Labute approximate surface area is 122 Å². The van der Waals surface area contributed by atoms with Gasteiger partial charge in [0.25, 0.3) is 0 Å². The molecule has 2 aromatic rings. The van der Waals surface area contributed by atoms with Gasteiger partial charge in [-0.2, -0.15) is 0 Å². The van der Waals surface area contributed by atoms with Crippen LogP contribution < -0.4 is 0 Å². The molecule has 0 bridgehead atoms. The molecule has 1 aromatic heterocycles. The minimum atomic E-state index is -0.0819. The maximum Gasteiger partial charge on any atom is 0.246 e. The van der Waals surface area contributed by atoms with Crippen LogP contribution in [0.5, 0.6) is 0 Å². The normalized spacial score (nSPS) is 18.7. The molecule has 1 aliphatic heterocycles. The lowest BCUT2D eigenvalue weighted by atomic mass is 10.2. The van der Waals surface area contributed by atoms with Crippen molar-refractivity contribution in [2.24, 2.45) is 0 Å². The van der Waals surface area contributed by atoms with Crippen LogP contribution in [0.4, 0.5) is 0 Å². The average molecular weight is 283 g/mol. The summed E-state index contributed by atoms with van der Waals surface area (Å²) in [6, 6.07) is 7.57. The lowest BCUT2D eigenvalue weighted by molar-refractivity contribution is -0.127. The highest BCUT2D eigenvalue weighted by Crippen LogP contribution is 2.17. The first-order valence-corrected chi connectivity index (χ1v) is 7.09. The third kappa shape index (κ3) is 2.92. The molecule has 0 unspecified atom stereocenters. The zero-order chi connectivity index (χ0) is 14.7. The molecule has 1 N–H and O–H groups in total. The summed E-state index contributed by atoms with van der Waals surface area (Å²) in [5.41, 5.74) is 2.30. The Morgan fingerprint density at radius 2 is 2.19 bits per heavy atom. The number of nitrogens with zero attached hydrogens (tertiary/aromatic N) is 3. The number of aliphatic hydroxyl groups excluding tert-OH is 1. The van der Waals surface area contributed by atoms with Gasteiger partial charge in [-0.25, -0.2) is 4.98 Å². The van der Waals surface area contributed by atoms with E-state index in [1.165, 1.54) is 6.08 Å². The largest absolute Gasteiger partial charge is 0.394 e. The number of para-hydroxylation sites is 2. The molecule has 5 heteroatoms. The molecule has 0 saturated carbocycles. The van der Waals surface area contributed by atoms with Crippen LogP contribution in [0.25, 0.3) is 17.1 Å². The van der Waals surface area contributed by atoms with Gasteiger partial charge in [-0.05, 0) is 31.1 Å². The summed E-state index contributed by atoms with van der Waals surface area (Å²) in [4.78, 5) is 22.6. The van der Waals surface area contributed by atoms with Gasteiger partial charge in [0, 0.05) is 12.6 Å². The van der Waals surface area contributed by atoms with Gasteiger partial charge in [0.15, 0.2) is 0 Å². The maximum absolute atomic E-state index is 12.1. The van der Waals surface area contributed by atoms with Crippen LogP contribution in [0.1, 0.15) is 18.5 Å². The fraction of sp³-hybridized carbons (Fsp3) is 0.312. The summed E-state index contributed by atoms with van der Waals surface area (Å²) < 4.78 is 0. The number of rotatable bonds is 3. The molecular formula is C16H17N3O2. The van der Waals surface area contributed by atoms with Gasteiger partial charge in [0.05, 0.1) is 35.6 Å². The molecule has 3 rings (SSSR count). The number of likely N-dealkylation sites (tertiary alicyclic amines) is 1. The molecule has 1 atom stereocenters. The predicted octanol–water partition coefficient (Wildman–Crippen LogP) is 1.63. The van der Waals surface area contributed by atoms with E-state index in [1.807, 2.05) is 24.3 Å². The summed E-state index contributed by atoms with van der Waals surface area (Å²) >= 11 is 0. The van der Waals surface area contributed by atoms with Gasteiger partial charge >= 0.3 is 0 Å². The molecule has 1 aromatic carbocycles. The molecule has 1 aliphatic rings. The van der Waals surface area contributed by atoms with E-state index in [-0.39, 0.29) is 18.6 Å². The van der Waals surface area contributed by atoms with Crippen LogP contribution in [0.3, 0.4) is 0 Å². The minimum Gasteiger partial charge on any atom is -0.394 e. The molecule has 0 aliphatic carbocycles. The number of aliphatic hydroxyl groups is 1. The SMILES string of the molecule is O=C(/C=C/c1cnc2ccccc2n1)N1CCC[C@@H]1CO. The zero-order valence-corrected chi connectivity index (χ0v) is 11.6. The van der Waals surface area contributed by atoms with Gasteiger partial charge in [-0.3, -0.25) is 9.78 Å². The Bertz CT molecular complexity index is 684. The van der Waals surface area contributed by atoms with Gasteiger partial charge in [0.1, 0.15) is 0 Å². The number of carbonyl (C=O) groups excluding carboxylic acids is 1. The van der Waals surface area contributed by atoms with E-state index in [4.69, 9.17) is 0 Å². The van der Waals surface area contributed by atoms with E-state index in [1.54, 1.807) is 17.2 Å². The molecule has 1 amide bonds. The molecule has 5 nitrogen and oxygen atoms in total. The number of hydrogen-bond donors (Lipinski definition) is 1. The van der Waals surface area contributed by atoms with Crippen molar-refractivity contribution in [1.82, 2.24) is 14.9 Å². The molecule has 2 heterocycles. The second-order valence-electron chi connectivity index (χ2n) is 5.13. The van der Waals surface area contributed by atoms with Crippen molar-refractivity contribution in [2.45, 2.75) is 18.9 Å². The van der Waals surface area contributed by atoms with Crippen molar-refractivity contribution in [3.8, 4) is 0 Å². The Morgan fingerprint density at radius 1 is 1.38 bits per heavy atom. The predicted molar refractivity (Wildman–Crippen MR) is 80.4 cm³/mol. The average Bonchev–Trinajstić information content (AvgIpc) is 3.01. The van der Waals surface area contributed by atoms with Gasteiger partial charge in [-0.15, -0.1) is 0 Å². The van der Waals surface area contributed by atoms with Crippen molar-refractivity contribution < 1.29 is 9.90 Å². The first-order chi connectivity index (χ1) is 10.3. The number of carbonyl (C=O) groups is 1. The Balaban J connectivity index is 1.76. The fourth-order valence-corrected chi connectivity index (χ4v) is 2.62. The number of amides is 1. The maximum atomic E-state index is 12.1. The van der Waals surface area contributed by atoms with Gasteiger partial charge in [0.2, 0.25) is 5.91 Å². The lowest BCUT2D eigenvalue weighted by Crippen LogP contribution is -2.36. The highest BCUT2D eigenvalue weighted by molar-refractivity contribution is 5.92. The second-order valence-corrected chi connectivity index (χ2v) is 5.13. The van der Waals surface area contributed by atoms with E-state index in [0.29, 0.717) is 12.2 Å². The minimum absolute atomic E-state index is 0.0232.